The summed E-state index contributed by atoms with van der Waals surface area (Å²) < 4.78 is 63.1. The Hall–Kier alpha value is -3.21. The van der Waals surface area contributed by atoms with E-state index in [2.05, 4.69) is 19.9 Å². The molecule has 1 aromatic carbocycles. The van der Waals surface area contributed by atoms with Crippen molar-refractivity contribution in [3.8, 4) is 0 Å². The molecule has 1 N–H and O–H groups in total. The number of benzene rings is 1. The summed E-state index contributed by atoms with van der Waals surface area (Å²) in [6, 6.07) is 4.51. The Morgan fingerprint density at radius 2 is 1.87 bits per heavy atom. The van der Waals surface area contributed by atoms with Crippen LogP contribution in [0.2, 0.25) is 0 Å². The van der Waals surface area contributed by atoms with Gasteiger partial charge in [-0.2, -0.15) is 13.2 Å². The second-order valence-electron chi connectivity index (χ2n) is 10.9. The summed E-state index contributed by atoms with van der Waals surface area (Å²) in [6.45, 7) is 5.96. The Balaban J connectivity index is 1.28. The highest BCUT2D eigenvalue weighted by Crippen LogP contribution is 2.41. The SMILES string of the molecule is Cc1nc(N[C@H](C)c2cccc(C(F)(F)F)c2F)c2cc3n(c2n1)CCOC3C1CCN(C(=O)C2CC2)CC1. The van der Waals surface area contributed by atoms with Gasteiger partial charge in [-0.25, -0.2) is 14.4 Å². The number of aryl methyl sites for hydroxylation is 1. The first-order valence-electron chi connectivity index (χ1n) is 13.5. The number of amides is 1. The molecule has 7 nitrogen and oxygen atoms in total. The van der Waals surface area contributed by atoms with Gasteiger partial charge in [-0.1, -0.05) is 12.1 Å². The van der Waals surface area contributed by atoms with Gasteiger partial charge < -0.3 is 19.5 Å². The number of fused-ring (bicyclic) bond motifs is 3. The van der Waals surface area contributed by atoms with Gasteiger partial charge in [-0.05, 0) is 57.6 Å². The molecule has 1 amide bonds. The summed E-state index contributed by atoms with van der Waals surface area (Å²) in [7, 11) is 0. The molecule has 0 bridgehead atoms. The topological polar surface area (TPSA) is 72.3 Å². The van der Waals surface area contributed by atoms with Crippen molar-refractivity contribution in [1.82, 2.24) is 19.4 Å². The summed E-state index contributed by atoms with van der Waals surface area (Å²) in [6.07, 6.45) is -1.23. The van der Waals surface area contributed by atoms with Gasteiger partial charge in [0.1, 0.15) is 29.2 Å². The van der Waals surface area contributed by atoms with Gasteiger partial charge in [0.05, 0.1) is 23.6 Å². The Morgan fingerprint density at radius 3 is 2.56 bits per heavy atom. The number of anilines is 1. The lowest BCUT2D eigenvalue weighted by Crippen LogP contribution is -2.41. The lowest BCUT2D eigenvalue weighted by molar-refractivity contribution is -0.140. The zero-order chi connectivity index (χ0) is 27.5. The van der Waals surface area contributed by atoms with Crippen LogP contribution in [0.4, 0.5) is 23.4 Å². The summed E-state index contributed by atoms with van der Waals surface area (Å²) in [5.74, 6) is 0.391. The highest BCUT2D eigenvalue weighted by atomic mass is 19.4. The zero-order valence-corrected chi connectivity index (χ0v) is 21.9. The molecule has 11 heteroatoms. The molecular weight excluding hydrogens is 514 g/mol. The summed E-state index contributed by atoms with van der Waals surface area (Å²) in [4.78, 5) is 23.7. The second-order valence-corrected chi connectivity index (χ2v) is 10.9. The van der Waals surface area contributed by atoms with E-state index in [-0.39, 0.29) is 29.4 Å². The number of hydrogen-bond donors (Lipinski definition) is 1. The minimum absolute atomic E-state index is 0.0908. The van der Waals surface area contributed by atoms with Crippen molar-refractivity contribution in [1.29, 1.82) is 0 Å². The van der Waals surface area contributed by atoms with E-state index < -0.39 is 23.6 Å². The van der Waals surface area contributed by atoms with Crippen molar-refractivity contribution < 1.29 is 27.1 Å². The molecule has 1 aliphatic carbocycles. The van der Waals surface area contributed by atoms with Crippen molar-refractivity contribution in [2.24, 2.45) is 11.8 Å². The molecule has 1 saturated heterocycles. The number of carbonyl (C=O) groups is 1. The molecule has 208 valence electrons. The fourth-order valence-electron chi connectivity index (χ4n) is 5.96. The van der Waals surface area contributed by atoms with Crippen molar-refractivity contribution in [3.05, 3.63) is 52.7 Å². The van der Waals surface area contributed by atoms with Crippen LogP contribution in [0.1, 0.15) is 67.4 Å². The average Bonchev–Trinajstić information content (AvgIpc) is 3.68. The highest BCUT2D eigenvalue weighted by molar-refractivity contribution is 5.89. The molecule has 3 aliphatic rings. The lowest BCUT2D eigenvalue weighted by atomic mass is 9.88. The molecule has 4 heterocycles. The fraction of sp³-hybridized carbons (Fsp3) is 0.536. The summed E-state index contributed by atoms with van der Waals surface area (Å²) in [5, 5.41) is 3.86. The maximum absolute atomic E-state index is 14.8. The number of carbonyl (C=O) groups excluding carboxylic acids is 1. The van der Waals surface area contributed by atoms with Gasteiger partial charge in [-0.15, -0.1) is 0 Å². The van der Waals surface area contributed by atoms with E-state index in [4.69, 9.17) is 4.74 Å². The van der Waals surface area contributed by atoms with Crippen molar-refractivity contribution in [2.75, 3.05) is 25.0 Å². The van der Waals surface area contributed by atoms with Gasteiger partial charge in [0.25, 0.3) is 0 Å². The lowest BCUT2D eigenvalue weighted by Gasteiger charge is -2.38. The monoisotopic (exact) mass is 545 g/mol. The summed E-state index contributed by atoms with van der Waals surface area (Å²) >= 11 is 0. The Morgan fingerprint density at radius 1 is 1.13 bits per heavy atom. The van der Waals surface area contributed by atoms with E-state index in [1.54, 1.807) is 13.8 Å². The van der Waals surface area contributed by atoms with E-state index in [0.717, 1.165) is 50.5 Å². The number of piperidine rings is 1. The largest absolute Gasteiger partial charge is 0.419 e. The molecule has 39 heavy (non-hydrogen) atoms. The van der Waals surface area contributed by atoms with E-state index in [1.807, 2.05) is 11.0 Å². The Bertz CT molecular complexity index is 1410. The van der Waals surface area contributed by atoms with E-state index in [0.29, 0.717) is 35.8 Å². The van der Waals surface area contributed by atoms with Gasteiger partial charge >= 0.3 is 6.18 Å². The maximum Gasteiger partial charge on any atom is 0.419 e. The molecule has 1 saturated carbocycles. The van der Waals surface area contributed by atoms with Crippen LogP contribution in [-0.4, -0.2) is 45.0 Å². The average molecular weight is 546 g/mol. The fourth-order valence-corrected chi connectivity index (χ4v) is 5.96. The Labute approximate surface area is 223 Å². The number of rotatable bonds is 5. The van der Waals surface area contributed by atoms with Crippen molar-refractivity contribution in [2.45, 2.75) is 64.4 Å². The first-order chi connectivity index (χ1) is 18.6. The van der Waals surface area contributed by atoms with Crippen LogP contribution in [0.25, 0.3) is 11.0 Å². The summed E-state index contributed by atoms with van der Waals surface area (Å²) in [5.41, 5.74) is 0.309. The third-order valence-corrected chi connectivity index (χ3v) is 8.16. The molecule has 2 atom stereocenters. The molecular formula is C28H31F4N5O2. The van der Waals surface area contributed by atoms with Crippen LogP contribution in [-0.2, 0) is 22.3 Å². The minimum atomic E-state index is -4.78. The van der Waals surface area contributed by atoms with E-state index >= 15 is 0 Å². The van der Waals surface area contributed by atoms with Crippen LogP contribution < -0.4 is 5.32 Å². The molecule has 2 fully saturated rings. The number of hydrogen-bond acceptors (Lipinski definition) is 5. The second kappa shape index (κ2) is 9.76. The van der Waals surface area contributed by atoms with Gasteiger partial charge in [0, 0.05) is 36.8 Å². The molecule has 0 radical (unpaired) electrons. The van der Waals surface area contributed by atoms with Crippen LogP contribution in [0.5, 0.6) is 0 Å². The van der Waals surface area contributed by atoms with Gasteiger partial charge in [-0.3, -0.25) is 4.79 Å². The van der Waals surface area contributed by atoms with Gasteiger partial charge in [0.2, 0.25) is 5.91 Å². The van der Waals surface area contributed by atoms with Crippen molar-refractivity contribution >= 4 is 22.8 Å². The first kappa shape index (κ1) is 26.0. The van der Waals surface area contributed by atoms with Gasteiger partial charge in [0.15, 0.2) is 0 Å². The quantitative estimate of drug-likeness (QED) is 0.411. The smallest absolute Gasteiger partial charge is 0.370 e. The minimum Gasteiger partial charge on any atom is -0.370 e. The van der Waals surface area contributed by atoms with Crippen LogP contribution in [0, 0.1) is 24.6 Å². The normalized spacial score (nSPS) is 21.2. The molecule has 3 aromatic rings. The molecule has 2 aromatic heterocycles. The highest BCUT2D eigenvalue weighted by Gasteiger charge is 2.39. The standard InChI is InChI=1S/C28H31F4N5O2/c1-15(19-4-3-5-21(23(19)29)28(30,31)32)33-25-20-14-22-24(39-13-12-37(22)26(20)35-16(2)34-25)17-8-10-36(11-9-17)27(38)18-6-7-18/h3-5,14-15,17-18,24H,6-13H2,1-2H3,(H,33,34,35)/t15-,24?/m1/s1. The number of likely N-dealkylation sites (tertiary alicyclic amines) is 1. The van der Waals surface area contributed by atoms with E-state index in [1.165, 1.54) is 12.1 Å². The maximum atomic E-state index is 14.8. The number of halogens is 4. The predicted octanol–water partition coefficient (Wildman–Crippen LogP) is 5.79. The third-order valence-electron chi connectivity index (χ3n) is 8.16. The van der Waals surface area contributed by atoms with E-state index in [9.17, 15) is 22.4 Å². The number of aromatic nitrogens is 3. The molecule has 1 unspecified atom stereocenters. The van der Waals surface area contributed by atoms with Crippen LogP contribution in [0.3, 0.4) is 0 Å². The molecule has 2 aliphatic heterocycles. The number of nitrogens with zero attached hydrogens (tertiary/aromatic N) is 4. The molecule has 0 spiro atoms. The van der Waals surface area contributed by atoms with Crippen molar-refractivity contribution in [3.63, 3.8) is 0 Å². The molecule has 6 rings (SSSR count). The van der Waals surface area contributed by atoms with Crippen LogP contribution >= 0.6 is 0 Å². The number of alkyl halides is 3. The predicted molar refractivity (Wildman–Crippen MR) is 136 cm³/mol. The third kappa shape index (κ3) is 4.85. The Kier molecular flexibility index (Phi) is 6.52. The number of ether oxygens (including phenoxy) is 1. The first-order valence-corrected chi connectivity index (χ1v) is 13.5. The zero-order valence-electron chi connectivity index (χ0n) is 21.9. The van der Waals surface area contributed by atoms with Crippen LogP contribution in [0.15, 0.2) is 24.3 Å². The number of nitrogens with one attached hydrogen (secondary N) is 1.